The maximum absolute atomic E-state index is 13.3. The van der Waals surface area contributed by atoms with Crippen LogP contribution >= 0.6 is 0 Å². The lowest BCUT2D eigenvalue weighted by molar-refractivity contribution is -0.137. The van der Waals surface area contributed by atoms with Gasteiger partial charge in [0.15, 0.2) is 0 Å². The van der Waals surface area contributed by atoms with E-state index in [1.165, 1.54) is 0 Å². The normalized spacial score (nSPS) is 11.9. The number of rotatable bonds is 6. The van der Waals surface area contributed by atoms with Gasteiger partial charge in [-0.25, -0.2) is 13.6 Å². The van der Waals surface area contributed by atoms with Crippen molar-refractivity contribution in [2.75, 3.05) is 11.9 Å². The average Bonchev–Trinajstić information content (AvgIpc) is 2.58. The van der Waals surface area contributed by atoms with Crippen LogP contribution in [0.5, 0.6) is 0 Å². The highest BCUT2D eigenvalue weighted by molar-refractivity contribution is 7.89. The number of anilines is 1. The molecule has 2 rings (SSSR count). The van der Waals surface area contributed by atoms with Crippen LogP contribution < -0.4 is 15.8 Å². The van der Waals surface area contributed by atoms with Crippen molar-refractivity contribution in [1.82, 2.24) is 5.32 Å². The molecule has 0 aliphatic heterocycles. The van der Waals surface area contributed by atoms with Gasteiger partial charge in [0.05, 0.1) is 10.5 Å². The summed E-state index contributed by atoms with van der Waals surface area (Å²) in [6.45, 7) is 2.23. The van der Waals surface area contributed by atoms with Crippen molar-refractivity contribution in [3.63, 3.8) is 0 Å². The van der Waals surface area contributed by atoms with Crippen molar-refractivity contribution in [3.05, 3.63) is 59.2 Å². The first-order valence-electron chi connectivity index (χ1n) is 7.87. The number of benzene rings is 2. The van der Waals surface area contributed by atoms with E-state index in [-0.39, 0.29) is 18.1 Å². The van der Waals surface area contributed by atoms with Crippen LogP contribution in [0, 0.1) is 0 Å². The molecule has 0 saturated carbocycles. The van der Waals surface area contributed by atoms with Crippen molar-refractivity contribution in [2.45, 2.75) is 24.5 Å². The molecule has 0 atom stereocenters. The number of halogens is 3. The molecule has 0 unspecified atom stereocenters. The second-order valence-electron chi connectivity index (χ2n) is 5.66. The predicted octanol–water partition coefficient (Wildman–Crippen LogP) is 2.71. The molecule has 0 aliphatic carbocycles. The lowest BCUT2D eigenvalue weighted by Gasteiger charge is -2.16. The van der Waals surface area contributed by atoms with Crippen LogP contribution in [-0.4, -0.2) is 20.9 Å². The predicted molar refractivity (Wildman–Crippen MR) is 94.6 cm³/mol. The Morgan fingerprint density at radius 3 is 2.44 bits per heavy atom. The Labute approximate surface area is 154 Å². The molecule has 10 heteroatoms. The van der Waals surface area contributed by atoms with Crippen molar-refractivity contribution in [3.8, 4) is 0 Å². The molecule has 0 heterocycles. The highest BCUT2D eigenvalue weighted by Crippen LogP contribution is 2.36. The van der Waals surface area contributed by atoms with Gasteiger partial charge < -0.3 is 10.6 Å². The number of hydrogen-bond donors (Lipinski definition) is 3. The van der Waals surface area contributed by atoms with E-state index < -0.39 is 26.7 Å². The molecule has 0 spiro atoms. The maximum Gasteiger partial charge on any atom is 0.418 e. The minimum Gasteiger partial charge on any atom is -0.380 e. The molecule has 0 bridgehead atoms. The van der Waals surface area contributed by atoms with Crippen LogP contribution in [0.1, 0.15) is 28.4 Å². The Bertz CT molecular complexity index is 944. The summed E-state index contributed by atoms with van der Waals surface area (Å²) in [4.78, 5) is 11.2. The van der Waals surface area contributed by atoms with E-state index in [0.29, 0.717) is 23.7 Å². The standard InChI is InChI=1S/C17H18F3N3O3S/c1-2-22-16(24)12-5-3-4-11(8-12)10-23-15-7-6-13(27(21,25)26)9-14(15)17(18,19)20/h3-9,23H,2,10H2,1H3,(H,22,24)(H2,21,25,26). The number of primary sulfonamides is 1. The second-order valence-corrected chi connectivity index (χ2v) is 7.22. The SMILES string of the molecule is CCNC(=O)c1cccc(CNc2ccc(S(N)(=O)=O)cc2C(F)(F)F)c1. The van der Waals surface area contributed by atoms with Gasteiger partial charge in [0.25, 0.3) is 5.91 Å². The molecular formula is C17H18F3N3O3S. The lowest BCUT2D eigenvalue weighted by Crippen LogP contribution is -2.22. The zero-order valence-electron chi connectivity index (χ0n) is 14.3. The first-order valence-corrected chi connectivity index (χ1v) is 9.42. The van der Waals surface area contributed by atoms with E-state index in [1.54, 1.807) is 31.2 Å². The number of sulfonamides is 1. The molecule has 2 aromatic rings. The van der Waals surface area contributed by atoms with Crippen LogP contribution in [-0.2, 0) is 22.7 Å². The number of nitrogens with one attached hydrogen (secondary N) is 2. The van der Waals surface area contributed by atoms with Crippen LogP contribution in [0.2, 0.25) is 0 Å². The van der Waals surface area contributed by atoms with E-state index in [2.05, 4.69) is 10.6 Å². The summed E-state index contributed by atoms with van der Waals surface area (Å²) in [6.07, 6.45) is -4.77. The van der Waals surface area contributed by atoms with Crippen LogP contribution in [0.4, 0.5) is 18.9 Å². The van der Waals surface area contributed by atoms with E-state index in [1.807, 2.05) is 0 Å². The number of nitrogens with two attached hydrogens (primary N) is 1. The quantitative estimate of drug-likeness (QED) is 0.693. The van der Waals surface area contributed by atoms with Gasteiger partial charge in [-0.15, -0.1) is 0 Å². The molecule has 2 aromatic carbocycles. The number of hydrogen-bond acceptors (Lipinski definition) is 4. The fraction of sp³-hybridized carbons (Fsp3) is 0.235. The third kappa shape index (κ3) is 5.44. The maximum atomic E-state index is 13.3. The van der Waals surface area contributed by atoms with Gasteiger partial charge in [-0.2, -0.15) is 13.2 Å². The van der Waals surface area contributed by atoms with Crippen LogP contribution in [0.25, 0.3) is 0 Å². The van der Waals surface area contributed by atoms with E-state index in [9.17, 15) is 26.4 Å². The van der Waals surface area contributed by atoms with Crippen LogP contribution in [0.3, 0.4) is 0 Å². The first kappa shape index (κ1) is 20.7. The second kappa shape index (κ2) is 7.97. The largest absolute Gasteiger partial charge is 0.418 e. The summed E-state index contributed by atoms with van der Waals surface area (Å²) in [6, 6.07) is 8.93. The Morgan fingerprint density at radius 1 is 1.15 bits per heavy atom. The van der Waals surface area contributed by atoms with Gasteiger partial charge >= 0.3 is 6.18 Å². The van der Waals surface area contributed by atoms with Gasteiger partial charge in [-0.1, -0.05) is 12.1 Å². The molecular weight excluding hydrogens is 383 g/mol. The summed E-state index contributed by atoms with van der Waals surface area (Å²) in [5, 5.41) is 10.2. The third-order valence-corrected chi connectivity index (χ3v) is 4.55. The first-order chi connectivity index (χ1) is 12.5. The monoisotopic (exact) mass is 401 g/mol. The smallest absolute Gasteiger partial charge is 0.380 e. The molecule has 1 amide bonds. The minimum absolute atomic E-state index is 0.00501. The van der Waals surface area contributed by atoms with Crippen molar-refractivity contribution in [1.29, 1.82) is 0 Å². The van der Waals surface area contributed by atoms with Crippen molar-refractivity contribution in [2.24, 2.45) is 5.14 Å². The topological polar surface area (TPSA) is 101 Å². The number of alkyl halides is 3. The fourth-order valence-electron chi connectivity index (χ4n) is 2.37. The summed E-state index contributed by atoms with van der Waals surface area (Å²) in [7, 11) is -4.26. The lowest BCUT2D eigenvalue weighted by atomic mass is 10.1. The molecule has 0 aliphatic rings. The molecule has 6 nitrogen and oxygen atoms in total. The minimum atomic E-state index is -4.77. The highest BCUT2D eigenvalue weighted by Gasteiger charge is 2.34. The molecule has 0 fully saturated rings. The van der Waals surface area contributed by atoms with E-state index in [0.717, 1.165) is 12.1 Å². The van der Waals surface area contributed by atoms with Crippen molar-refractivity contribution >= 4 is 21.6 Å². The number of carbonyl (C=O) groups is 1. The molecule has 27 heavy (non-hydrogen) atoms. The fourth-order valence-corrected chi connectivity index (χ4v) is 2.91. The van der Waals surface area contributed by atoms with Crippen molar-refractivity contribution < 1.29 is 26.4 Å². The van der Waals surface area contributed by atoms with Gasteiger partial charge in [-0.05, 0) is 42.8 Å². The van der Waals surface area contributed by atoms with Gasteiger partial charge in [0.1, 0.15) is 0 Å². The van der Waals surface area contributed by atoms with Gasteiger partial charge in [-0.3, -0.25) is 4.79 Å². The molecule has 0 aromatic heterocycles. The van der Waals surface area contributed by atoms with Gasteiger partial charge in [0.2, 0.25) is 10.0 Å². The zero-order chi connectivity index (χ0) is 20.2. The van der Waals surface area contributed by atoms with Gasteiger partial charge in [0, 0.05) is 24.3 Å². The number of amides is 1. The Balaban J connectivity index is 2.28. The molecule has 4 N–H and O–H groups in total. The number of carbonyl (C=O) groups excluding carboxylic acids is 1. The highest BCUT2D eigenvalue weighted by atomic mass is 32.2. The third-order valence-electron chi connectivity index (χ3n) is 3.63. The summed E-state index contributed by atoms with van der Waals surface area (Å²) < 4.78 is 62.4. The summed E-state index contributed by atoms with van der Waals surface area (Å²) >= 11 is 0. The Hall–Kier alpha value is -2.59. The zero-order valence-corrected chi connectivity index (χ0v) is 15.1. The van der Waals surface area contributed by atoms with Crippen LogP contribution in [0.15, 0.2) is 47.4 Å². The Morgan fingerprint density at radius 2 is 1.85 bits per heavy atom. The molecule has 146 valence electrons. The molecule has 0 saturated heterocycles. The van der Waals surface area contributed by atoms with E-state index >= 15 is 0 Å². The average molecular weight is 401 g/mol. The molecule has 0 radical (unpaired) electrons. The summed E-state index contributed by atoms with van der Waals surface area (Å²) in [5.74, 6) is -0.284. The summed E-state index contributed by atoms with van der Waals surface area (Å²) in [5.41, 5.74) is -0.466. The van der Waals surface area contributed by atoms with E-state index in [4.69, 9.17) is 5.14 Å². The Kier molecular flexibility index (Phi) is 6.11.